The molecule has 10 heteroatoms. The highest BCUT2D eigenvalue weighted by Crippen LogP contribution is 2.17. The van der Waals surface area contributed by atoms with E-state index < -0.39 is 15.6 Å². The minimum absolute atomic E-state index is 0.000883. The van der Waals surface area contributed by atoms with Crippen LogP contribution in [-0.2, 0) is 38.5 Å². The Hall–Kier alpha value is -1.40. The minimum Gasteiger partial charge on any atom is -0.379 e. The van der Waals surface area contributed by atoms with Gasteiger partial charge in [0.1, 0.15) is 11.8 Å². The van der Waals surface area contributed by atoms with Gasteiger partial charge in [-0.25, -0.2) is 8.42 Å². The standard InChI is InChI=1S/C22H37NO8S/c1-4-27-13-15-30-18-22(17-29-12-6-11-24,19-31-16-14-28-5-2)23-32(25,26)21-9-7-20(3)8-10-21/h7-11,23H,4-6,12-19H2,1-3H3. The molecular formula is C22H37NO8S. The van der Waals surface area contributed by atoms with Gasteiger partial charge >= 0.3 is 0 Å². The number of ether oxygens (including phenoxy) is 5. The van der Waals surface area contributed by atoms with Gasteiger partial charge in [0, 0.05) is 19.6 Å². The summed E-state index contributed by atoms with van der Waals surface area (Å²) in [5.74, 6) is 0. The maximum absolute atomic E-state index is 13.1. The van der Waals surface area contributed by atoms with Crippen LogP contribution in [0.3, 0.4) is 0 Å². The zero-order chi connectivity index (χ0) is 23.7. The van der Waals surface area contributed by atoms with Crippen LogP contribution in [0.25, 0.3) is 0 Å². The van der Waals surface area contributed by atoms with E-state index in [9.17, 15) is 13.2 Å². The number of hydrogen-bond donors (Lipinski definition) is 1. The Morgan fingerprint density at radius 2 is 1.28 bits per heavy atom. The lowest BCUT2D eigenvalue weighted by Gasteiger charge is -2.34. The van der Waals surface area contributed by atoms with Gasteiger partial charge in [-0.2, -0.15) is 4.72 Å². The molecule has 1 rings (SSSR count). The monoisotopic (exact) mass is 475 g/mol. The molecule has 0 unspecified atom stereocenters. The largest absolute Gasteiger partial charge is 0.379 e. The second kappa shape index (κ2) is 16.2. The van der Waals surface area contributed by atoms with Gasteiger partial charge in [-0.1, -0.05) is 17.7 Å². The zero-order valence-corrected chi connectivity index (χ0v) is 20.2. The van der Waals surface area contributed by atoms with Crippen LogP contribution in [0.2, 0.25) is 0 Å². The van der Waals surface area contributed by atoms with Crippen molar-refractivity contribution >= 4 is 16.3 Å². The van der Waals surface area contributed by atoms with Crippen molar-refractivity contribution in [2.75, 3.05) is 66.1 Å². The number of carbonyl (C=O) groups is 1. The second-order valence-corrected chi connectivity index (χ2v) is 8.89. The fraction of sp³-hybridized carbons (Fsp3) is 0.682. The maximum Gasteiger partial charge on any atom is 0.241 e. The molecule has 0 spiro atoms. The van der Waals surface area contributed by atoms with Gasteiger partial charge in [0.05, 0.1) is 57.8 Å². The van der Waals surface area contributed by atoms with E-state index in [4.69, 9.17) is 23.7 Å². The zero-order valence-electron chi connectivity index (χ0n) is 19.3. The number of hydrogen-bond acceptors (Lipinski definition) is 8. The summed E-state index contributed by atoms with van der Waals surface area (Å²) in [6, 6.07) is 6.55. The lowest BCUT2D eigenvalue weighted by Crippen LogP contribution is -2.58. The molecule has 0 aliphatic rings. The number of carbonyl (C=O) groups excluding carboxylic acids is 1. The molecular weight excluding hydrogens is 438 g/mol. The molecule has 0 aromatic heterocycles. The molecule has 0 saturated carbocycles. The Morgan fingerprint density at radius 1 is 0.812 bits per heavy atom. The molecule has 1 aromatic rings. The normalized spacial score (nSPS) is 12.2. The SMILES string of the molecule is CCOCCOCC(COCCC=O)(COCCOCC)NS(=O)(=O)c1ccc(C)cc1. The molecule has 0 atom stereocenters. The summed E-state index contributed by atoms with van der Waals surface area (Å²) in [6.07, 6.45) is 0.951. The van der Waals surface area contributed by atoms with Crippen molar-refractivity contribution in [2.45, 2.75) is 37.6 Å². The first-order chi connectivity index (χ1) is 15.4. The van der Waals surface area contributed by atoms with Crippen LogP contribution >= 0.6 is 0 Å². The third-order valence-electron chi connectivity index (χ3n) is 4.35. The maximum atomic E-state index is 13.1. The molecule has 1 N–H and O–H groups in total. The number of aldehydes is 1. The summed E-state index contributed by atoms with van der Waals surface area (Å²) in [7, 11) is -3.89. The highest BCUT2D eigenvalue weighted by atomic mass is 32.2. The summed E-state index contributed by atoms with van der Waals surface area (Å²) in [5, 5.41) is 0. The smallest absolute Gasteiger partial charge is 0.241 e. The molecule has 0 saturated heterocycles. The van der Waals surface area contributed by atoms with Gasteiger partial charge in [-0.15, -0.1) is 0 Å². The average molecular weight is 476 g/mol. The summed E-state index contributed by atoms with van der Waals surface area (Å²) < 4.78 is 56.6. The Kier molecular flexibility index (Phi) is 14.5. The number of benzene rings is 1. The Balaban J connectivity index is 3.02. The van der Waals surface area contributed by atoms with Crippen LogP contribution in [-0.4, -0.2) is 86.3 Å². The number of sulfonamides is 1. The first-order valence-corrected chi connectivity index (χ1v) is 12.3. The van der Waals surface area contributed by atoms with Crippen LogP contribution in [0.1, 0.15) is 25.8 Å². The summed E-state index contributed by atoms with van der Waals surface area (Å²) >= 11 is 0. The van der Waals surface area contributed by atoms with E-state index in [0.717, 1.165) is 11.8 Å². The first kappa shape index (κ1) is 28.6. The van der Waals surface area contributed by atoms with Crippen molar-refractivity contribution in [3.8, 4) is 0 Å². The minimum atomic E-state index is -3.89. The summed E-state index contributed by atoms with van der Waals surface area (Å²) in [4.78, 5) is 10.8. The van der Waals surface area contributed by atoms with Crippen molar-refractivity contribution in [1.82, 2.24) is 4.72 Å². The van der Waals surface area contributed by atoms with Crippen LogP contribution in [0, 0.1) is 6.92 Å². The molecule has 0 aliphatic carbocycles. The van der Waals surface area contributed by atoms with Gasteiger partial charge < -0.3 is 28.5 Å². The fourth-order valence-corrected chi connectivity index (χ4v) is 4.09. The summed E-state index contributed by atoms with van der Waals surface area (Å²) in [6.45, 7) is 8.24. The first-order valence-electron chi connectivity index (χ1n) is 10.8. The van der Waals surface area contributed by atoms with Crippen molar-refractivity contribution in [3.63, 3.8) is 0 Å². The lowest BCUT2D eigenvalue weighted by molar-refractivity contribution is -0.109. The predicted molar refractivity (Wildman–Crippen MR) is 120 cm³/mol. The molecule has 0 heterocycles. The fourth-order valence-electron chi connectivity index (χ4n) is 2.73. The molecule has 0 radical (unpaired) electrons. The van der Waals surface area contributed by atoms with Crippen LogP contribution < -0.4 is 4.72 Å². The van der Waals surface area contributed by atoms with Gasteiger partial charge in [0.15, 0.2) is 0 Å². The summed E-state index contributed by atoms with van der Waals surface area (Å²) in [5.41, 5.74) is -0.253. The Morgan fingerprint density at radius 3 is 1.75 bits per heavy atom. The number of aryl methyl sites for hydroxylation is 1. The third kappa shape index (κ3) is 11.5. The molecule has 184 valence electrons. The average Bonchev–Trinajstić information content (AvgIpc) is 2.76. The van der Waals surface area contributed by atoms with E-state index in [-0.39, 0.29) is 51.0 Å². The third-order valence-corrected chi connectivity index (χ3v) is 5.94. The van der Waals surface area contributed by atoms with Gasteiger partial charge in [-0.3, -0.25) is 0 Å². The Labute approximate surface area is 191 Å². The molecule has 1 aromatic carbocycles. The highest BCUT2D eigenvalue weighted by molar-refractivity contribution is 7.89. The van der Waals surface area contributed by atoms with Crippen molar-refractivity contribution < 1.29 is 36.9 Å². The molecule has 0 bridgehead atoms. The number of nitrogens with one attached hydrogen (secondary N) is 1. The molecule has 0 aliphatic heterocycles. The van der Waals surface area contributed by atoms with Crippen LogP contribution in [0.5, 0.6) is 0 Å². The number of rotatable bonds is 20. The van der Waals surface area contributed by atoms with Crippen LogP contribution in [0.4, 0.5) is 0 Å². The van der Waals surface area contributed by atoms with Gasteiger partial charge in [-0.05, 0) is 32.9 Å². The van der Waals surface area contributed by atoms with E-state index in [1.807, 2.05) is 20.8 Å². The van der Waals surface area contributed by atoms with Gasteiger partial charge in [0.2, 0.25) is 10.0 Å². The van der Waals surface area contributed by atoms with E-state index >= 15 is 0 Å². The van der Waals surface area contributed by atoms with Gasteiger partial charge in [0.25, 0.3) is 0 Å². The second-order valence-electron chi connectivity index (χ2n) is 7.21. The molecule has 9 nitrogen and oxygen atoms in total. The van der Waals surface area contributed by atoms with Crippen molar-refractivity contribution in [1.29, 1.82) is 0 Å². The predicted octanol–water partition coefficient (Wildman–Crippen LogP) is 1.72. The molecule has 0 amide bonds. The highest BCUT2D eigenvalue weighted by Gasteiger charge is 2.37. The Bertz CT molecular complexity index is 710. The topological polar surface area (TPSA) is 109 Å². The van der Waals surface area contributed by atoms with E-state index in [1.165, 1.54) is 0 Å². The van der Waals surface area contributed by atoms with E-state index in [2.05, 4.69) is 4.72 Å². The van der Waals surface area contributed by atoms with E-state index in [1.54, 1.807) is 24.3 Å². The quantitative estimate of drug-likeness (QED) is 0.224. The van der Waals surface area contributed by atoms with Crippen LogP contribution in [0.15, 0.2) is 29.2 Å². The van der Waals surface area contributed by atoms with E-state index in [0.29, 0.717) is 26.4 Å². The lowest BCUT2D eigenvalue weighted by atomic mass is 10.1. The van der Waals surface area contributed by atoms with Crippen molar-refractivity contribution in [2.24, 2.45) is 0 Å². The molecule has 0 fully saturated rings. The molecule has 32 heavy (non-hydrogen) atoms. The van der Waals surface area contributed by atoms with Crippen molar-refractivity contribution in [3.05, 3.63) is 29.8 Å².